The van der Waals surface area contributed by atoms with Crippen molar-refractivity contribution >= 4 is 29.5 Å². The van der Waals surface area contributed by atoms with E-state index in [9.17, 15) is 4.79 Å². The van der Waals surface area contributed by atoms with Crippen LogP contribution in [0.25, 0.3) is 0 Å². The van der Waals surface area contributed by atoms with Crippen molar-refractivity contribution in [3.63, 3.8) is 0 Å². The van der Waals surface area contributed by atoms with E-state index in [1.807, 2.05) is 29.6 Å². The number of nitrogens with one attached hydrogen (secondary N) is 1. The number of aromatic carboxylic acids is 1. The van der Waals surface area contributed by atoms with Gasteiger partial charge < -0.3 is 10.4 Å². The third-order valence-electron chi connectivity index (χ3n) is 2.76. The molecule has 2 rings (SSSR count). The number of hydrogen-bond donors (Lipinski definition) is 2. The zero-order valence-corrected chi connectivity index (χ0v) is 11.7. The second-order valence-electron chi connectivity index (χ2n) is 4.20. The molecule has 18 heavy (non-hydrogen) atoms. The Bertz CT molecular complexity index is 406. The second kappa shape index (κ2) is 7.07. The summed E-state index contributed by atoms with van der Waals surface area (Å²) in [5.41, 5.74) is 1.39. The highest BCUT2D eigenvalue weighted by Crippen LogP contribution is 2.23. The van der Waals surface area contributed by atoms with E-state index in [0.717, 1.165) is 18.7 Å². The Hall–Kier alpha value is -0.650. The van der Waals surface area contributed by atoms with E-state index in [0.29, 0.717) is 10.8 Å². The summed E-state index contributed by atoms with van der Waals surface area (Å²) >= 11 is 4.05. The minimum Gasteiger partial charge on any atom is -0.478 e. The van der Waals surface area contributed by atoms with Gasteiger partial charge >= 0.3 is 5.97 Å². The van der Waals surface area contributed by atoms with Gasteiger partial charge in [0.15, 0.2) is 0 Å². The van der Waals surface area contributed by atoms with Crippen LogP contribution in [0.3, 0.4) is 0 Å². The van der Waals surface area contributed by atoms with Gasteiger partial charge in [0.2, 0.25) is 0 Å². The van der Waals surface area contributed by atoms with E-state index in [1.165, 1.54) is 17.3 Å². The standard InChI is InChI=1S/C13H17NO2S2/c15-13(16)11-3-1-2-10(6-11)7-14-8-12-9-17-4-5-18-12/h1-3,6,12,14H,4-5,7-9H2,(H,15,16). The fourth-order valence-corrected chi connectivity index (χ4v) is 4.49. The first kappa shape index (κ1) is 13.8. The van der Waals surface area contributed by atoms with Crippen LogP contribution in [0.15, 0.2) is 24.3 Å². The fraction of sp³-hybridized carbons (Fsp3) is 0.462. The maximum absolute atomic E-state index is 10.8. The summed E-state index contributed by atoms with van der Waals surface area (Å²) in [6, 6.07) is 7.12. The summed E-state index contributed by atoms with van der Waals surface area (Å²) in [4.78, 5) is 10.8. The second-order valence-corrected chi connectivity index (χ2v) is 6.76. The minimum atomic E-state index is -0.865. The van der Waals surface area contributed by atoms with Crippen molar-refractivity contribution in [3.8, 4) is 0 Å². The lowest BCUT2D eigenvalue weighted by molar-refractivity contribution is 0.0696. The van der Waals surface area contributed by atoms with Gasteiger partial charge in [-0.25, -0.2) is 4.79 Å². The molecule has 3 nitrogen and oxygen atoms in total. The Labute approximate surface area is 116 Å². The van der Waals surface area contributed by atoms with Crippen molar-refractivity contribution in [2.24, 2.45) is 0 Å². The van der Waals surface area contributed by atoms with Crippen LogP contribution >= 0.6 is 23.5 Å². The van der Waals surface area contributed by atoms with Crippen molar-refractivity contribution in [3.05, 3.63) is 35.4 Å². The molecular weight excluding hydrogens is 266 g/mol. The van der Waals surface area contributed by atoms with E-state index in [-0.39, 0.29) is 0 Å². The first-order valence-electron chi connectivity index (χ1n) is 5.98. The van der Waals surface area contributed by atoms with Gasteiger partial charge in [0.1, 0.15) is 0 Å². The van der Waals surface area contributed by atoms with Crippen molar-refractivity contribution < 1.29 is 9.90 Å². The van der Waals surface area contributed by atoms with E-state index in [4.69, 9.17) is 5.11 Å². The largest absolute Gasteiger partial charge is 0.478 e. The zero-order chi connectivity index (χ0) is 12.8. The molecule has 0 radical (unpaired) electrons. The van der Waals surface area contributed by atoms with E-state index in [2.05, 4.69) is 5.32 Å². The fourth-order valence-electron chi connectivity index (χ4n) is 1.85. The van der Waals surface area contributed by atoms with Crippen LogP contribution in [-0.2, 0) is 6.54 Å². The molecule has 0 aliphatic carbocycles. The van der Waals surface area contributed by atoms with Crippen LogP contribution in [0.2, 0.25) is 0 Å². The maximum Gasteiger partial charge on any atom is 0.335 e. The minimum absolute atomic E-state index is 0.358. The topological polar surface area (TPSA) is 49.3 Å². The predicted molar refractivity (Wildman–Crippen MR) is 78.7 cm³/mol. The number of hydrogen-bond acceptors (Lipinski definition) is 4. The number of rotatable bonds is 5. The molecule has 1 fully saturated rings. The van der Waals surface area contributed by atoms with Crippen LogP contribution in [-0.4, -0.2) is 40.1 Å². The SMILES string of the molecule is O=C(O)c1cccc(CNCC2CSCCS2)c1. The lowest BCUT2D eigenvalue weighted by atomic mass is 10.1. The molecule has 1 unspecified atom stereocenters. The Morgan fingerprint density at radius 3 is 3.06 bits per heavy atom. The normalized spacial score (nSPS) is 19.7. The van der Waals surface area contributed by atoms with Crippen molar-refractivity contribution in [1.82, 2.24) is 5.32 Å². The van der Waals surface area contributed by atoms with Gasteiger partial charge in [0.05, 0.1) is 5.56 Å². The van der Waals surface area contributed by atoms with Crippen LogP contribution in [0.1, 0.15) is 15.9 Å². The van der Waals surface area contributed by atoms with Crippen molar-refractivity contribution in [2.45, 2.75) is 11.8 Å². The van der Waals surface area contributed by atoms with Gasteiger partial charge in [-0.3, -0.25) is 0 Å². The van der Waals surface area contributed by atoms with E-state index < -0.39 is 5.97 Å². The van der Waals surface area contributed by atoms with Crippen LogP contribution in [0.5, 0.6) is 0 Å². The average molecular weight is 283 g/mol. The van der Waals surface area contributed by atoms with E-state index >= 15 is 0 Å². The molecule has 1 heterocycles. The zero-order valence-electron chi connectivity index (χ0n) is 10.1. The predicted octanol–water partition coefficient (Wildman–Crippen LogP) is 2.32. The lowest BCUT2D eigenvalue weighted by Crippen LogP contribution is -2.28. The van der Waals surface area contributed by atoms with Crippen molar-refractivity contribution in [2.75, 3.05) is 23.8 Å². The Kier molecular flexibility index (Phi) is 5.41. The quantitative estimate of drug-likeness (QED) is 0.868. The third kappa shape index (κ3) is 4.23. The van der Waals surface area contributed by atoms with Gasteiger partial charge in [0.25, 0.3) is 0 Å². The van der Waals surface area contributed by atoms with E-state index in [1.54, 1.807) is 18.2 Å². The summed E-state index contributed by atoms with van der Waals surface area (Å²) in [5, 5.41) is 13.0. The molecule has 1 atom stereocenters. The highest BCUT2D eigenvalue weighted by Gasteiger charge is 2.13. The van der Waals surface area contributed by atoms with Crippen LogP contribution in [0.4, 0.5) is 0 Å². The van der Waals surface area contributed by atoms with Crippen LogP contribution in [0, 0.1) is 0 Å². The summed E-state index contributed by atoms with van der Waals surface area (Å²) in [6.45, 7) is 1.73. The monoisotopic (exact) mass is 283 g/mol. The van der Waals surface area contributed by atoms with Gasteiger partial charge in [-0.1, -0.05) is 12.1 Å². The molecule has 2 N–H and O–H groups in total. The number of carboxylic acids is 1. The number of carbonyl (C=O) groups is 1. The summed E-state index contributed by atoms with van der Waals surface area (Å²) in [7, 11) is 0. The van der Waals surface area contributed by atoms with Crippen LogP contribution < -0.4 is 5.32 Å². The van der Waals surface area contributed by atoms with Crippen molar-refractivity contribution in [1.29, 1.82) is 0 Å². The smallest absolute Gasteiger partial charge is 0.335 e. The Morgan fingerprint density at radius 2 is 2.33 bits per heavy atom. The number of benzene rings is 1. The molecule has 1 aromatic carbocycles. The van der Waals surface area contributed by atoms with Gasteiger partial charge in [-0.2, -0.15) is 23.5 Å². The maximum atomic E-state index is 10.8. The Morgan fingerprint density at radius 1 is 1.44 bits per heavy atom. The molecule has 0 saturated carbocycles. The van der Waals surface area contributed by atoms with Gasteiger partial charge in [-0.05, 0) is 17.7 Å². The molecule has 1 aliphatic heterocycles. The number of carboxylic acid groups (broad SMARTS) is 1. The molecule has 98 valence electrons. The first-order valence-corrected chi connectivity index (χ1v) is 8.18. The molecule has 1 aromatic rings. The molecular formula is C13H17NO2S2. The molecule has 0 bridgehead atoms. The van der Waals surface area contributed by atoms with Gasteiger partial charge in [-0.15, -0.1) is 0 Å². The third-order valence-corrected chi connectivity index (χ3v) is 5.60. The first-order chi connectivity index (χ1) is 8.75. The molecule has 0 spiro atoms. The molecule has 1 saturated heterocycles. The summed E-state index contributed by atoms with van der Waals surface area (Å²) < 4.78 is 0. The highest BCUT2D eigenvalue weighted by molar-refractivity contribution is 8.06. The number of thioether (sulfide) groups is 2. The summed E-state index contributed by atoms with van der Waals surface area (Å²) in [6.07, 6.45) is 0. The Balaban J connectivity index is 1.78. The van der Waals surface area contributed by atoms with Gasteiger partial charge in [0, 0.05) is 35.6 Å². The highest BCUT2D eigenvalue weighted by atomic mass is 32.2. The molecule has 1 aliphatic rings. The summed E-state index contributed by atoms with van der Waals surface area (Å²) in [5.74, 6) is 2.86. The molecule has 0 aromatic heterocycles. The average Bonchev–Trinajstić information content (AvgIpc) is 2.40. The molecule has 5 heteroatoms. The lowest BCUT2D eigenvalue weighted by Gasteiger charge is -2.21. The molecule has 0 amide bonds.